The van der Waals surface area contributed by atoms with Crippen LogP contribution in [-0.4, -0.2) is 37.6 Å². The van der Waals surface area contributed by atoms with Crippen LogP contribution in [0.5, 0.6) is 17.2 Å². The van der Waals surface area contributed by atoms with E-state index in [1.54, 1.807) is 6.20 Å². The van der Waals surface area contributed by atoms with E-state index >= 15 is 0 Å². The molecular formula is C24H32N2O4. The molecule has 2 rings (SSSR count). The summed E-state index contributed by atoms with van der Waals surface area (Å²) in [7, 11) is 1.53. The average Bonchev–Trinajstić information content (AvgIpc) is 2.74. The zero-order chi connectivity index (χ0) is 21.8. The van der Waals surface area contributed by atoms with Crippen molar-refractivity contribution in [3.8, 4) is 17.2 Å². The van der Waals surface area contributed by atoms with E-state index in [0.29, 0.717) is 19.8 Å². The van der Waals surface area contributed by atoms with Gasteiger partial charge < -0.3 is 19.0 Å². The van der Waals surface area contributed by atoms with Gasteiger partial charge in [-0.3, -0.25) is 4.98 Å². The van der Waals surface area contributed by atoms with E-state index in [9.17, 15) is 0 Å². The molecular weight excluding hydrogens is 380 g/mol. The van der Waals surface area contributed by atoms with Crippen LogP contribution in [0.15, 0.2) is 47.8 Å². The summed E-state index contributed by atoms with van der Waals surface area (Å²) in [5.74, 6) is 2.49. The third kappa shape index (κ3) is 7.10. The van der Waals surface area contributed by atoms with Crippen LogP contribution in [-0.2, 0) is 4.84 Å². The minimum Gasteiger partial charge on any atom is -0.493 e. The van der Waals surface area contributed by atoms with E-state index in [1.165, 1.54) is 7.11 Å². The number of oxime groups is 1. The molecule has 0 N–H and O–H groups in total. The summed E-state index contributed by atoms with van der Waals surface area (Å²) in [6, 6.07) is 7.80. The van der Waals surface area contributed by atoms with Gasteiger partial charge in [0.1, 0.15) is 36.7 Å². The lowest BCUT2D eigenvalue weighted by atomic mass is 10.1. The molecule has 0 aliphatic heterocycles. The number of ether oxygens (including phenoxy) is 3. The lowest BCUT2D eigenvalue weighted by Crippen LogP contribution is -2.07. The molecule has 6 heteroatoms. The number of hydrogen-bond acceptors (Lipinski definition) is 6. The van der Waals surface area contributed by atoms with Crippen molar-refractivity contribution in [1.82, 2.24) is 4.98 Å². The molecule has 0 aliphatic carbocycles. The van der Waals surface area contributed by atoms with Crippen molar-refractivity contribution in [2.24, 2.45) is 5.16 Å². The molecule has 0 saturated carbocycles. The van der Waals surface area contributed by atoms with Gasteiger partial charge in [0.2, 0.25) is 0 Å². The van der Waals surface area contributed by atoms with Gasteiger partial charge in [-0.1, -0.05) is 24.2 Å². The first kappa shape index (κ1) is 23.3. The molecule has 0 radical (unpaired) electrons. The average molecular weight is 413 g/mol. The van der Waals surface area contributed by atoms with Crippen LogP contribution < -0.4 is 14.2 Å². The monoisotopic (exact) mass is 412 g/mol. The summed E-state index contributed by atoms with van der Waals surface area (Å²) in [5, 5.41) is 3.98. The number of rotatable bonds is 12. The lowest BCUT2D eigenvalue weighted by Gasteiger charge is -2.14. The fraction of sp³-hybridized carbons (Fsp3) is 0.417. The first-order valence-electron chi connectivity index (χ1n) is 10.3. The van der Waals surface area contributed by atoms with Gasteiger partial charge in [0.15, 0.2) is 0 Å². The molecule has 1 aromatic carbocycles. The standard InChI is InChI=1S/C24H32N2O4/c1-6-8-12-29-21-15-18(3)24(19(4)16-21)30-14-9-13-28-20-10-11-23(25-17-20)22(7-2)26-27-5/h6,8,10-11,15-17H,7,9,12-14H2,1-5H3/b8-6+,26-22+. The Labute approximate surface area is 179 Å². The maximum absolute atomic E-state index is 5.98. The molecule has 0 fully saturated rings. The third-order valence-electron chi connectivity index (χ3n) is 4.39. The Bertz CT molecular complexity index is 822. The molecule has 0 bridgehead atoms. The van der Waals surface area contributed by atoms with E-state index in [1.807, 2.05) is 64.1 Å². The van der Waals surface area contributed by atoms with Crippen LogP contribution >= 0.6 is 0 Å². The van der Waals surface area contributed by atoms with Crippen molar-refractivity contribution in [3.05, 3.63) is 59.4 Å². The molecule has 0 atom stereocenters. The first-order valence-corrected chi connectivity index (χ1v) is 10.3. The molecule has 0 aliphatic rings. The molecule has 30 heavy (non-hydrogen) atoms. The molecule has 1 heterocycles. The van der Waals surface area contributed by atoms with Gasteiger partial charge in [-0.25, -0.2) is 0 Å². The van der Waals surface area contributed by atoms with E-state index in [0.717, 1.165) is 52.6 Å². The Balaban J connectivity index is 1.79. The fourth-order valence-corrected chi connectivity index (χ4v) is 2.92. The van der Waals surface area contributed by atoms with Crippen molar-refractivity contribution in [1.29, 1.82) is 0 Å². The molecule has 2 aromatic rings. The zero-order valence-electron chi connectivity index (χ0n) is 18.6. The van der Waals surface area contributed by atoms with Gasteiger partial charge in [0.25, 0.3) is 0 Å². The van der Waals surface area contributed by atoms with Gasteiger partial charge in [-0.15, -0.1) is 0 Å². The Morgan fingerprint density at radius 3 is 2.37 bits per heavy atom. The van der Waals surface area contributed by atoms with Crippen molar-refractivity contribution in [2.45, 2.75) is 40.5 Å². The van der Waals surface area contributed by atoms with Crippen molar-refractivity contribution >= 4 is 5.71 Å². The molecule has 1 aromatic heterocycles. The topological polar surface area (TPSA) is 62.2 Å². The highest BCUT2D eigenvalue weighted by Gasteiger charge is 2.08. The van der Waals surface area contributed by atoms with Gasteiger partial charge in [0, 0.05) is 6.42 Å². The summed E-state index contributed by atoms with van der Waals surface area (Å²) in [5.41, 5.74) is 3.73. The number of allylic oxidation sites excluding steroid dienone is 1. The van der Waals surface area contributed by atoms with E-state index in [4.69, 9.17) is 19.0 Å². The molecule has 0 saturated heterocycles. The number of benzene rings is 1. The van der Waals surface area contributed by atoms with Gasteiger partial charge in [-0.2, -0.15) is 0 Å². The molecule has 0 amide bonds. The second kappa shape index (κ2) is 12.5. The zero-order valence-corrected chi connectivity index (χ0v) is 18.6. The summed E-state index contributed by atoms with van der Waals surface area (Å²) in [4.78, 5) is 9.24. The molecule has 0 unspecified atom stereocenters. The van der Waals surface area contributed by atoms with Gasteiger partial charge in [-0.05, 0) is 62.6 Å². The van der Waals surface area contributed by atoms with Crippen molar-refractivity contribution < 1.29 is 19.0 Å². The van der Waals surface area contributed by atoms with Crippen LogP contribution in [0.2, 0.25) is 0 Å². The Morgan fingerprint density at radius 2 is 1.77 bits per heavy atom. The summed E-state index contributed by atoms with van der Waals surface area (Å²) < 4.78 is 17.5. The predicted octanol–water partition coefficient (Wildman–Crippen LogP) is 5.26. The van der Waals surface area contributed by atoms with Crippen LogP contribution in [0.1, 0.15) is 43.5 Å². The van der Waals surface area contributed by atoms with Crippen LogP contribution in [0.25, 0.3) is 0 Å². The summed E-state index contributed by atoms with van der Waals surface area (Å²) in [6.45, 7) is 9.76. The molecule has 0 spiro atoms. The highest BCUT2D eigenvalue weighted by Crippen LogP contribution is 2.28. The van der Waals surface area contributed by atoms with Crippen molar-refractivity contribution in [3.63, 3.8) is 0 Å². The van der Waals surface area contributed by atoms with Crippen LogP contribution in [0.3, 0.4) is 0 Å². The minimum absolute atomic E-state index is 0.552. The van der Waals surface area contributed by atoms with Gasteiger partial charge in [0.05, 0.1) is 25.1 Å². The van der Waals surface area contributed by atoms with E-state index in [2.05, 4.69) is 10.1 Å². The Hall–Kier alpha value is -3.02. The number of nitrogens with zero attached hydrogens (tertiary/aromatic N) is 2. The minimum atomic E-state index is 0.552. The smallest absolute Gasteiger partial charge is 0.137 e. The Kier molecular flexibility index (Phi) is 9.71. The molecule has 162 valence electrons. The van der Waals surface area contributed by atoms with E-state index in [-0.39, 0.29) is 0 Å². The maximum atomic E-state index is 5.98. The maximum Gasteiger partial charge on any atom is 0.137 e. The molecule has 6 nitrogen and oxygen atoms in total. The van der Waals surface area contributed by atoms with Crippen molar-refractivity contribution in [2.75, 3.05) is 26.9 Å². The summed E-state index contributed by atoms with van der Waals surface area (Å²) >= 11 is 0. The van der Waals surface area contributed by atoms with E-state index < -0.39 is 0 Å². The quantitative estimate of drug-likeness (QED) is 0.206. The number of aryl methyl sites for hydroxylation is 2. The lowest BCUT2D eigenvalue weighted by molar-refractivity contribution is 0.213. The fourth-order valence-electron chi connectivity index (χ4n) is 2.92. The summed E-state index contributed by atoms with van der Waals surface area (Å²) in [6.07, 6.45) is 7.18. The number of aromatic nitrogens is 1. The number of hydrogen-bond donors (Lipinski definition) is 0. The predicted molar refractivity (Wildman–Crippen MR) is 120 cm³/mol. The van der Waals surface area contributed by atoms with Crippen LogP contribution in [0.4, 0.5) is 0 Å². The second-order valence-electron chi connectivity index (χ2n) is 6.77. The SMILES string of the molecule is C/C=C/COc1cc(C)c(OCCCOc2ccc(/C(CC)=N/OC)nc2)c(C)c1. The van der Waals surface area contributed by atoms with Crippen LogP contribution in [0, 0.1) is 13.8 Å². The largest absolute Gasteiger partial charge is 0.493 e. The normalized spacial score (nSPS) is 11.6. The third-order valence-corrected chi connectivity index (χ3v) is 4.39. The van der Waals surface area contributed by atoms with Gasteiger partial charge >= 0.3 is 0 Å². The second-order valence-corrected chi connectivity index (χ2v) is 6.77. The highest BCUT2D eigenvalue weighted by atomic mass is 16.6. The highest BCUT2D eigenvalue weighted by molar-refractivity contribution is 5.98. The first-order chi connectivity index (χ1) is 14.6. The number of pyridine rings is 1. The Morgan fingerprint density at radius 1 is 1.03 bits per heavy atom.